The minimum atomic E-state index is 0.0499. The van der Waals surface area contributed by atoms with Crippen molar-refractivity contribution in [3.05, 3.63) is 58.2 Å². The number of anilines is 1. The predicted molar refractivity (Wildman–Crippen MR) is 109 cm³/mol. The highest BCUT2D eigenvalue weighted by Gasteiger charge is 2.34. The fourth-order valence-electron chi connectivity index (χ4n) is 3.15. The van der Waals surface area contributed by atoms with E-state index in [9.17, 15) is 0 Å². The van der Waals surface area contributed by atoms with Gasteiger partial charge in [-0.05, 0) is 65.6 Å². The highest BCUT2D eigenvalue weighted by molar-refractivity contribution is 9.10. The molecular formula is C19H22BrN3OS. The second-order valence-electron chi connectivity index (χ2n) is 6.33. The van der Waals surface area contributed by atoms with Crippen LogP contribution in [0.3, 0.4) is 0 Å². The Kier molecular flexibility index (Phi) is 6.04. The molecule has 0 unspecified atom stereocenters. The largest absolute Gasteiger partial charge is 0.381 e. The second kappa shape index (κ2) is 8.25. The average molecular weight is 420 g/mol. The molecule has 0 radical (unpaired) electrons. The Morgan fingerprint density at radius 3 is 2.60 bits per heavy atom. The fraction of sp³-hybridized carbons (Fsp3) is 0.368. The summed E-state index contributed by atoms with van der Waals surface area (Å²) in [5.41, 5.74) is 2.32. The van der Waals surface area contributed by atoms with Gasteiger partial charge >= 0.3 is 0 Å². The van der Waals surface area contributed by atoms with E-state index in [0.717, 1.165) is 48.6 Å². The topological polar surface area (TPSA) is 46.2 Å². The van der Waals surface area contributed by atoms with Crippen molar-refractivity contribution in [1.29, 1.82) is 0 Å². The molecule has 1 fully saturated rings. The first-order chi connectivity index (χ1) is 12.1. The van der Waals surface area contributed by atoms with E-state index >= 15 is 0 Å². The van der Waals surface area contributed by atoms with E-state index in [1.165, 1.54) is 5.56 Å². The number of thiocarbonyl (C=S) groups is 1. The van der Waals surface area contributed by atoms with Crippen LogP contribution in [-0.4, -0.2) is 29.9 Å². The monoisotopic (exact) mass is 419 g/mol. The minimum absolute atomic E-state index is 0.0499. The summed E-state index contributed by atoms with van der Waals surface area (Å²) in [5.74, 6) is 0.749. The Hall–Kier alpha value is -1.50. The third kappa shape index (κ3) is 4.57. The molecule has 4 nitrogen and oxygen atoms in total. The summed E-state index contributed by atoms with van der Waals surface area (Å²) in [5, 5.41) is 7.16. The molecule has 3 rings (SSSR count). The number of aromatic nitrogens is 1. The lowest BCUT2D eigenvalue weighted by Crippen LogP contribution is -2.45. The standard InChI is InChI=1S/C19H22BrN3OS/c1-14-16(20)7-8-17(22-14)23-18(25)21-13-19(9-11-24-12-10-19)15-5-3-2-4-6-15/h2-8H,9-13H2,1H3,(H2,21,22,23,25). The molecule has 0 aliphatic carbocycles. The number of rotatable bonds is 4. The number of hydrogen-bond acceptors (Lipinski definition) is 3. The molecule has 0 amide bonds. The van der Waals surface area contributed by atoms with Crippen molar-refractivity contribution in [2.45, 2.75) is 25.2 Å². The Balaban J connectivity index is 1.66. The Bertz CT molecular complexity index is 733. The van der Waals surface area contributed by atoms with E-state index in [2.05, 4.69) is 61.9 Å². The summed E-state index contributed by atoms with van der Waals surface area (Å²) >= 11 is 8.94. The molecular weight excluding hydrogens is 398 g/mol. The van der Waals surface area contributed by atoms with Gasteiger partial charge in [-0.1, -0.05) is 30.3 Å². The van der Waals surface area contributed by atoms with E-state index in [1.54, 1.807) is 0 Å². The highest BCUT2D eigenvalue weighted by atomic mass is 79.9. The summed E-state index contributed by atoms with van der Waals surface area (Å²) in [4.78, 5) is 4.48. The van der Waals surface area contributed by atoms with Crippen molar-refractivity contribution in [1.82, 2.24) is 10.3 Å². The maximum absolute atomic E-state index is 5.58. The number of benzene rings is 1. The molecule has 1 aromatic carbocycles. The van der Waals surface area contributed by atoms with Gasteiger partial charge in [-0.15, -0.1) is 0 Å². The van der Waals surface area contributed by atoms with Gasteiger partial charge in [0, 0.05) is 29.6 Å². The fourth-order valence-corrected chi connectivity index (χ4v) is 3.54. The molecule has 0 bridgehead atoms. The van der Waals surface area contributed by atoms with Crippen LogP contribution in [0, 0.1) is 6.92 Å². The van der Waals surface area contributed by atoms with Crippen molar-refractivity contribution in [2.24, 2.45) is 0 Å². The summed E-state index contributed by atoms with van der Waals surface area (Å²) in [6.07, 6.45) is 1.98. The molecule has 1 aliphatic heterocycles. The van der Waals surface area contributed by atoms with Crippen LogP contribution in [0.1, 0.15) is 24.1 Å². The molecule has 1 aromatic heterocycles. The molecule has 132 valence electrons. The van der Waals surface area contributed by atoms with Gasteiger partial charge in [0.2, 0.25) is 0 Å². The quantitative estimate of drug-likeness (QED) is 0.727. The van der Waals surface area contributed by atoms with Crippen LogP contribution < -0.4 is 10.6 Å². The molecule has 0 spiro atoms. The van der Waals surface area contributed by atoms with Crippen LogP contribution in [0.4, 0.5) is 5.82 Å². The Labute approximate surface area is 162 Å². The molecule has 0 saturated carbocycles. The zero-order valence-corrected chi connectivity index (χ0v) is 16.6. The summed E-state index contributed by atoms with van der Waals surface area (Å²) in [7, 11) is 0. The van der Waals surface area contributed by atoms with Gasteiger partial charge in [-0.25, -0.2) is 4.98 Å². The molecule has 1 aliphatic rings. The van der Waals surface area contributed by atoms with E-state index in [1.807, 2.05) is 19.1 Å². The van der Waals surface area contributed by atoms with Crippen molar-refractivity contribution in [2.75, 3.05) is 25.1 Å². The number of hydrogen-bond donors (Lipinski definition) is 2. The zero-order valence-electron chi connectivity index (χ0n) is 14.2. The first-order valence-electron chi connectivity index (χ1n) is 8.40. The molecule has 2 heterocycles. The number of nitrogens with zero attached hydrogens (tertiary/aromatic N) is 1. The molecule has 0 atom stereocenters. The number of aryl methyl sites for hydroxylation is 1. The van der Waals surface area contributed by atoms with E-state index in [4.69, 9.17) is 17.0 Å². The van der Waals surface area contributed by atoms with Crippen LogP contribution in [-0.2, 0) is 10.2 Å². The maximum Gasteiger partial charge on any atom is 0.171 e. The Morgan fingerprint density at radius 2 is 1.92 bits per heavy atom. The van der Waals surface area contributed by atoms with Gasteiger partial charge in [0.15, 0.2) is 5.11 Å². The Morgan fingerprint density at radius 1 is 1.20 bits per heavy atom. The smallest absolute Gasteiger partial charge is 0.171 e. The van der Waals surface area contributed by atoms with Gasteiger partial charge < -0.3 is 15.4 Å². The molecule has 2 aromatic rings. The van der Waals surface area contributed by atoms with Gasteiger partial charge in [0.1, 0.15) is 5.82 Å². The number of halogens is 1. The third-order valence-corrected chi connectivity index (χ3v) is 5.77. The summed E-state index contributed by atoms with van der Waals surface area (Å²) < 4.78 is 6.57. The van der Waals surface area contributed by atoms with Crippen molar-refractivity contribution in [3.8, 4) is 0 Å². The number of pyridine rings is 1. The first-order valence-corrected chi connectivity index (χ1v) is 9.60. The first kappa shape index (κ1) is 18.3. The summed E-state index contributed by atoms with van der Waals surface area (Å²) in [6, 6.07) is 14.5. The van der Waals surface area contributed by atoms with E-state index < -0.39 is 0 Å². The van der Waals surface area contributed by atoms with Crippen LogP contribution in [0.2, 0.25) is 0 Å². The van der Waals surface area contributed by atoms with Gasteiger partial charge in [0.25, 0.3) is 0 Å². The third-order valence-electron chi connectivity index (χ3n) is 4.69. The lowest BCUT2D eigenvalue weighted by atomic mass is 9.74. The van der Waals surface area contributed by atoms with Crippen LogP contribution in [0.5, 0.6) is 0 Å². The summed E-state index contributed by atoms with van der Waals surface area (Å²) in [6.45, 7) is 4.30. The SMILES string of the molecule is Cc1nc(NC(=S)NCC2(c3ccccc3)CCOCC2)ccc1Br. The van der Waals surface area contributed by atoms with Crippen molar-refractivity contribution >= 4 is 39.1 Å². The van der Waals surface area contributed by atoms with Crippen LogP contribution in [0.25, 0.3) is 0 Å². The van der Waals surface area contributed by atoms with E-state index in [-0.39, 0.29) is 5.41 Å². The average Bonchev–Trinajstić information content (AvgIpc) is 2.65. The van der Waals surface area contributed by atoms with Crippen molar-refractivity contribution in [3.63, 3.8) is 0 Å². The van der Waals surface area contributed by atoms with Crippen LogP contribution >= 0.6 is 28.1 Å². The molecule has 2 N–H and O–H groups in total. The predicted octanol–water partition coefficient (Wildman–Crippen LogP) is 4.19. The second-order valence-corrected chi connectivity index (χ2v) is 7.59. The maximum atomic E-state index is 5.58. The number of ether oxygens (including phenoxy) is 1. The zero-order chi connectivity index (χ0) is 17.7. The lowest BCUT2D eigenvalue weighted by Gasteiger charge is -2.38. The van der Waals surface area contributed by atoms with Gasteiger partial charge in [-0.3, -0.25) is 0 Å². The molecule has 1 saturated heterocycles. The number of nitrogens with one attached hydrogen (secondary N) is 2. The van der Waals surface area contributed by atoms with Gasteiger partial charge in [-0.2, -0.15) is 0 Å². The van der Waals surface area contributed by atoms with Gasteiger partial charge in [0.05, 0.1) is 5.69 Å². The lowest BCUT2D eigenvalue weighted by molar-refractivity contribution is 0.0515. The molecule has 25 heavy (non-hydrogen) atoms. The van der Waals surface area contributed by atoms with Crippen LogP contribution in [0.15, 0.2) is 46.9 Å². The minimum Gasteiger partial charge on any atom is -0.381 e. The molecule has 6 heteroatoms. The normalized spacial score (nSPS) is 16.2. The highest BCUT2D eigenvalue weighted by Crippen LogP contribution is 2.34. The van der Waals surface area contributed by atoms with E-state index in [0.29, 0.717) is 5.11 Å². The van der Waals surface area contributed by atoms with Crippen molar-refractivity contribution < 1.29 is 4.74 Å².